The Kier molecular flexibility index (Phi) is 2.93. The van der Waals surface area contributed by atoms with Crippen molar-refractivity contribution in [2.45, 2.75) is 43.7 Å². The van der Waals surface area contributed by atoms with Crippen LogP contribution in [0.4, 0.5) is 0 Å². The summed E-state index contributed by atoms with van der Waals surface area (Å²) in [4.78, 5) is 0. The normalized spacial score (nSPS) is 23.8. The molecule has 2 N–H and O–H groups in total. The van der Waals surface area contributed by atoms with E-state index >= 15 is 0 Å². The summed E-state index contributed by atoms with van der Waals surface area (Å²) in [5.74, 6) is 0. The molecule has 0 saturated heterocycles. The molecule has 3 nitrogen and oxygen atoms in total. The van der Waals surface area contributed by atoms with Crippen LogP contribution in [0, 0.1) is 0 Å². The van der Waals surface area contributed by atoms with Gasteiger partial charge in [-0.1, -0.05) is 0 Å². The van der Waals surface area contributed by atoms with Crippen molar-refractivity contribution < 1.29 is 4.74 Å². The molecule has 80 valence electrons. The number of nitrogens with one attached hydrogen (secondary N) is 2. The highest BCUT2D eigenvalue weighted by molar-refractivity contribution is 7.80. The summed E-state index contributed by atoms with van der Waals surface area (Å²) in [6, 6.07) is 0.634. The lowest BCUT2D eigenvalue weighted by Crippen LogP contribution is -2.51. The number of ether oxygens (including phenoxy) is 1. The Labute approximate surface area is 90.6 Å². The van der Waals surface area contributed by atoms with Crippen LogP contribution in [-0.4, -0.2) is 30.4 Å². The first-order valence-corrected chi connectivity index (χ1v) is 5.74. The standard InChI is InChI=1S/C10H18N2OS/c1-13-10(5-2-6-10)7-11-9(14)12-8-3-4-8/h8H,2-7H2,1H3,(H2,11,12,14). The second-order valence-electron chi connectivity index (χ2n) is 4.34. The third kappa shape index (κ3) is 2.36. The lowest BCUT2D eigenvalue weighted by molar-refractivity contribution is -0.0665. The van der Waals surface area contributed by atoms with Crippen molar-refractivity contribution in [3.8, 4) is 0 Å². The minimum atomic E-state index is 0.0648. The van der Waals surface area contributed by atoms with Gasteiger partial charge in [0.1, 0.15) is 0 Å². The minimum Gasteiger partial charge on any atom is -0.376 e. The summed E-state index contributed by atoms with van der Waals surface area (Å²) in [6.45, 7) is 0.849. The van der Waals surface area contributed by atoms with Crippen LogP contribution in [0.3, 0.4) is 0 Å². The summed E-state index contributed by atoms with van der Waals surface area (Å²) in [5.41, 5.74) is 0.0648. The second kappa shape index (κ2) is 4.03. The number of hydrogen-bond donors (Lipinski definition) is 2. The monoisotopic (exact) mass is 214 g/mol. The molecule has 14 heavy (non-hydrogen) atoms. The van der Waals surface area contributed by atoms with Gasteiger partial charge in [0, 0.05) is 19.7 Å². The van der Waals surface area contributed by atoms with Crippen LogP contribution in [0.5, 0.6) is 0 Å². The molecule has 0 spiro atoms. The lowest BCUT2D eigenvalue weighted by atomic mass is 9.80. The molecule has 0 aromatic heterocycles. The largest absolute Gasteiger partial charge is 0.376 e. The molecule has 4 heteroatoms. The molecule has 2 rings (SSSR count). The fourth-order valence-corrected chi connectivity index (χ4v) is 1.97. The fourth-order valence-electron chi connectivity index (χ4n) is 1.73. The number of hydrogen-bond acceptors (Lipinski definition) is 2. The van der Waals surface area contributed by atoms with Crippen LogP contribution in [0.2, 0.25) is 0 Å². The van der Waals surface area contributed by atoms with Crippen molar-refractivity contribution >= 4 is 17.3 Å². The Balaban J connectivity index is 1.67. The predicted octanol–water partition coefficient (Wildman–Crippen LogP) is 1.18. The molecule has 2 aliphatic rings. The van der Waals surface area contributed by atoms with Gasteiger partial charge >= 0.3 is 0 Å². The van der Waals surface area contributed by atoms with E-state index in [1.807, 2.05) is 0 Å². The number of thiocarbonyl (C=S) groups is 1. The first-order chi connectivity index (χ1) is 6.74. The van der Waals surface area contributed by atoms with Crippen molar-refractivity contribution in [3.63, 3.8) is 0 Å². The van der Waals surface area contributed by atoms with Crippen molar-refractivity contribution in [2.24, 2.45) is 0 Å². The molecule has 0 amide bonds. The van der Waals surface area contributed by atoms with E-state index in [9.17, 15) is 0 Å². The molecule has 0 unspecified atom stereocenters. The molecule has 0 bridgehead atoms. The van der Waals surface area contributed by atoms with Crippen molar-refractivity contribution in [1.29, 1.82) is 0 Å². The van der Waals surface area contributed by atoms with Crippen LogP contribution in [-0.2, 0) is 4.74 Å². The zero-order valence-corrected chi connectivity index (χ0v) is 9.45. The summed E-state index contributed by atoms with van der Waals surface area (Å²) < 4.78 is 5.49. The molecule has 2 aliphatic carbocycles. The maximum atomic E-state index is 5.49. The average Bonchev–Trinajstić information content (AvgIpc) is 2.87. The lowest BCUT2D eigenvalue weighted by Gasteiger charge is -2.40. The van der Waals surface area contributed by atoms with Crippen LogP contribution < -0.4 is 10.6 Å². The molecule has 0 aromatic carbocycles. The average molecular weight is 214 g/mol. The smallest absolute Gasteiger partial charge is 0.166 e. The first kappa shape index (κ1) is 10.2. The summed E-state index contributed by atoms with van der Waals surface area (Å²) in [5, 5.41) is 7.29. The molecule has 0 aliphatic heterocycles. The summed E-state index contributed by atoms with van der Waals surface area (Å²) >= 11 is 5.18. The Morgan fingerprint density at radius 2 is 2.21 bits per heavy atom. The van der Waals surface area contributed by atoms with Gasteiger partial charge in [0.2, 0.25) is 0 Å². The van der Waals surface area contributed by atoms with E-state index in [0.29, 0.717) is 6.04 Å². The predicted molar refractivity (Wildman–Crippen MR) is 60.3 cm³/mol. The first-order valence-electron chi connectivity index (χ1n) is 5.34. The van der Waals surface area contributed by atoms with Crippen LogP contribution >= 0.6 is 12.2 Å². The fraction of sp³-hybridized carbons (Fsp3) is 0.900. The molecular formula is C10H18N2OS. The zero-order valence-electron chi connectivity index (χ0n) is 8.64. The highest BCUT2D eigenvalue weighted by atomic mass is 32.1. The SMILES string of the molecule is COC1(CNC(=S)NC2CC2)CCC1. The maximum Gasteiger partial charge on any atom is 0.166 e. The Bertz CT molecular complexity index is 219. The van der Waals surface area contributed by atoms with Crippen molar-refractivity contribution in [1.82, 2.24) is 10.6 Å². The van der Waals surface area contributed by atoms with Gasteiger partial charge in [0.05, 0.1) is 5.60 Å². The van der Waals surface area contributed by atoms with E-state index in [2.05, 4.69) is 10.6 Å². The van der Waals surface area contributed by atoms with Gasteiger partial charge in [-0.05, 0) is 44.3 Å². The van der Waals surface area contributed by atoms with E-state index in [1.54, 1.807) is 7.11 Å². The third-order valence-corrected chi connectivity index (χ3v) is 3.44. The van der Waals surface area contributed by atoms with Gasteiger partial charge in [0.25, 0.3) is 0 Å². The Morgan fingerprint density at radius 3 is 2.64 bits per heavy atom. The van der Waals surface area contributed by atoms with Gasteiger partial charge < -0.3 is 15.4 Å². The van der Waals surface area contributed by atoms with Gasteiger partial charge in [-0.3, -0.25) is 0 Å². The highest BCUT2D eigenvalue weighted by Gasteiger charge is 2.37. The van der Waals surface area contributed by atoms with Gasteiger partial charge in [-0.2, -0.15) is 0 Å². The van der Waals surface area contributed by atoms with Crippen LogP contribution in [0.1, 0.15) is 32.1 Å². The molecule has 2 fully saturated rings. The number of rotatable bonds is 4. The maximum absolute atomic E-state index is 5.49. The van der Waals surface area contributed by atoms with Gasteiger partial charge in [0.15, 0.2) is 5.11 Å². The second-order valence-corrected chi connectivity index (χ2v) is 4.75. The van der Waals surface area contributed by atoms with Crippen molar-refractivity contribution in [3.05, 3.63) is 0 Å². The topological polar surface area (TPSA) is 33.3 Å². The van der Waals surface area contributed by atoms with Crippen molar-refractivity contribution in [2.75, 3.05) is 13.7 Å². The Morgan fingerprint density at radius 1 is 1.50 bits per heavy atom. The van der Waals surface area contributed by atoms with E-state index in [1.165, 1.54) is 19.3 Å². The highest BCUT2D eigenvalue weighted by Crippen LogP contribution is 2.34. The molecule has 0 atom stereocenters. The van der Waals surface area contributed by atoms with Crippen LogP contribution in [0.15, 0.2) is 0 Å². The van der Waals surface area contributed by atoms with E-state index in [-0.39, 0.29) is 5.60 Å². The van der Waals surface area contributed by atoms with Gasteiger partial charge in [-0.15, -0.1) is 0 Å². The van der Waals surface area contributed by atoms with Crippen LogP contribution in [0.25, 0.3) is 0 Å². The van der Waals surface area contributed by atoms with E-state index in [4.69, 9.17) is 17.0 Å². The summed E-state index contributed by atoms with van der Waals surface area (Å²) in [7, 11) is 1.79. The third-order valence-electron chi connectivity index (χ3n) is 3.18. The zero-order chi connectivity index (χ0) is 10.0. The Hall–Kier alpha value is -0.350. The quantitative estimate of drug-likeness (QED) is 0.689. The summed E-state index contributed by atoms with van der Waals surface area (Å²) in [6.07, 6.45) is 6.11. The number of methoxy groups -OCH3 is 1. The molecule has 0 heterocycles. The minimum absolute atomic E-state index is 0.0648. The molecule has 0 radical (unpaired) electrons. The molecular weight excluding hydrogens is 196 g/mol. The molecule has 2 saturated carbocycles. The van der Waals surface area contributed by atoms with E-state index < -0.39 is 0 Å². The van der Waals surface area contributed by atoms with Gasteiger partial charge in [-0.25, -0.2) is 0 Å². The van der Waals surface area contributed by atoms with E-state index in [0.717, 1.165) is 24.5 Å². The molecule has 0 aromatic rings.